The molecular formula is C8H13F3N4OS. The van der Waals surface area contributed by atoms with Crippen LogP contribution in [0.4, 0.5) is 18.3 Å². The normalized spacial score (nSPS) is 11.8. The van der Waals surface area contributed by atoms with E-state index in [1.807, 2.05) is 0 Å². The molecule has 1 heterocycles. The van der Waals surface area contributed by atoms with Crippen LogP contribution in [0.2, 0.25) is 0 Å². The number of rotatable bonds is 7. The third-order valence-corrected chi connectivity index (χ3v) is 2.65. The van der Waals surface area contributed by atoms with Gasteiger partial charge in [-0.15, -0.1) is 10.2 Å². The van der Waals surface area contributed by atoms with Crippen molar-refractivity contribution in [1.29, 1.82) is 0 Å². The van der Waals surface area contributed by atoms with Gasteiger partial charge in [-0.25, -0.2) is 0 Å². The monoisotopic (exact) mass is 270 g/mol. The minimum atomic E-state index is -4.42. The van der Waals surface area contributed by atoms with Crippen molar-refractivity contribution in [2.45, 2.75) is 6.18 Å². The van der Waals surface area contributed by atoms with E-state index >= 15 is 0 Å². The van der Waals surface area contributed by atoms with Gasteiger partial charge in [-0.1, -0.05) is 11.3 Å². The number of nitrogens with one attached hydrogen (secondary N) is 2. The third kappa shape index (κ3) is 5.29. The molecule has 0 saturated heterocycles. The molecule has 2 N–H and O–H groups in total. The summed E-state index contributed by atoms with van der Waals surface area (Å²) in [5.74, 6) is 0. The Kier molecular flexibility index (Phi) is 5.59. The number of aromatic nitrogens is 2. The minimum absolute atomic E-state index is 0.172. The Morgan fingerprint density at radius 2 is 2.00 bits per heavy atom. The molecule has 0 aliphatic heterocycles. The molecule has 0 aliphatic rings. The van der Waals surface area contributed by atoms with E-state index < -0.39 is 11.2 Å². The number of ether oxygens (including phenoxy) is 1. The quantitative estimate of drug-likeness (QED) is 0.729. The minimum Gasteiger partial charge on any atom is -0.383 e. The lowest BCUT2D eigenvalue weighted by Gasteiger charge is -2.04. The number of anilines is 1. The highest BCUT2D eigenvalue weighted by Gasteiger charge is 2.35. The van der Waals surface area contributed by atoms with Crippen LogP contribution in [-0.4, -0.2) is 43.5 Å². The van der Waals surface area contributed by atoms with E-state index in [0.717, 1.165) is 0 Å². The van der Waals surface area contributed by atoms with Crippen molar-refractivity contribution in [3.63, 3.8) is 0 Å². The third-order valence-electron chi connectivity index (χ3n) is 1.73. The van der Waals surface area contributed by atoms with Gasteiger partial charge in [0.05, 0.1) is 6.61 Å². The van der Waals surface area contributed by atoms with Gasteiger partial charge in [-0.2, -0.15) is 13.2 Å². The van der Waals surface area contributed by atoms with Crippen molar-refractivity contribution in [2.24, 2.45) is 0 Å². The lowest BCUT2D eigenvalue weighted by atomic mass is 10.6. The lowest BCUT2D eigenvalue weighted by Crippen LogP contribution is -2.25. The molecule has 1 rings (SSSR count). The summed E-state index contributed by atoms with van der Waals surface area (Å²) in [7, 11) is 1.60. The molecule has 0 bridgehead atoms. The summed E-state index contributed by atoms with van der Waals surface area (Å²) in [4.78, 5) is 0. The molecule has 0 unspecified atom stereocenters. The highest BCUT2D eigenvalue weighted by Crippen LogP contribution is 2.32. The van der Waals surface area contributed by atoms with Crippen LogP contribution in [0.25, 0.3) is 0 Å². The molecule has 0 spiro atoms. The van der Waals surface area contributed by atoms with E-state index in [0.29, 0.717) is 37.6 Å². The zero-order chi connectivity index (χ0) is 12.7. The van der Waals surface area contributed by atoms with Gasteiger partial charge in [0.2, 0.25) is 10.1 Å². The predicted molar refractivity (Wildman–Crippen MR) is 58.1 cm³/mol. The van der Waals surface area contributed by atoms with Crippen LogP contribution < -0.4 is 10.6 Å². The van der Waals surface area contributed by atoms with E-state index in [1.54, 1.807) is 7.11 Å². The van der Waals surface area contributed by atoms with Gasteiger partial charge < -0.3 is 15.4 Å². The van der Waals surface area contributed by atoms with Crippen LogP contribution in [-0.2, 0) is 10.9 Å². The van der Waals surface area contributed by atoms with Gasteiger partial charge in [-0.3, -0.25) is 0 Å². The van der Waals surface area contributed by atoms with Crippen LogP contribution in [0.1, 0.15) is 5.01 Å². The number of methoxy groups -OCH3 is 1. The van der Waals surface area contributed by atoms with Gasteiger partial charge in [0.25, 0.3) is 0 Å². The first-order chi connectivity index (χ1) is 8.04. The molecule has 1 aromatic rings. The summed E-state index contributed by atoms with van der Waals surface area (Å²) in [6.45, 7) is 2.39. The SMILES string of the molecule is COCCNCCNc1nnc(C(F)(F)F)s1. The van der Waals surface area contributed by atoms with E-state index in [9.17, 15) is 13.2 Å². The first kappa shape index (κ1) is 14.1. The Balaban J connectivity index is 2.21. The largest absolute Gasteiger partial charge is 0.445 e. The molecule has 0 saturated carbocycles. The van der Waals surface area contributed by atoms with Crippen LogP contribution in [0, 0.1) is 0 Å². The Labute approximate surface area is 100 Å². The number of nitrogens with zero attached hydrogens (tertiary/aromatic N) is 2. The van der Waals surface area contributed by atoms with Crippen LogP contribution in [0.3, 0.4) is 0 Å². The fourth-order valence-electron chi connectivity index (χ4n) is 0.966. The average Bonchev–Trinajstić information content (AvgIpc) is 2.71. The number of alkyl halides is 3. The zero-order valence-corrected chi connectivity index (χ0v) is 9.99. The fraction of sp³-hybridized carbons (Fsp3) is 0.750. The maximum Gasteiger partial charge on any atom is 0.445 e. The Bertz CT molecular complexity index is 331. The highest BCUT2D eigenvalue weighted by atomic mass is 32.1. The van der Waals surface area contributed by atoms with Crippen molar-refractivity contribution in [3.05, 3.63) is 5.01 Å². The van der Waals surface area contributed by atoms with Crippen molar-refractivity contribution < 1.29 is 17.9 Å². The van der Waals surface area contributed by atoms with Gasteiger partial charge in [0.15, 0.2) is 0 Å². The van der Waals surface area contributed by atoms with Crippen molar-refractivity contribution in [1.82, 2.24) is 15.5 Å². The topological polar surface area (TPSA) is 59.1 Å². The Morgan fingerprint density at radius 3 is 2.59 bits per heavy atom. The highest BCUT2D eigenvalue weighted by molar-refractivity contribution is 7.15. The molecule has 0 fully saturated rings. The molecule has 17 heavy (non-hydrogen) atoms. The second-order valence-electron chi connectivity index (χ2n) is 3.08. The number of halogens is 3. The van der Waals surface area contributed by atoms with Gasteiger partial charge >= 0.3 is 6.18 Å². The van der Waals surface area contributed by atoms with Crippen LogP contribution in [0.5, 0.6) is 0 Å². The van der Waals surface area contributed by atoms with Gasteiger partial charge in [0.1, 0.15) is 0 Å². The van der Waals surface area contributed by atoms with Crippen molar-refractivity contribution in [3.8, 4) is 0 Å². The summed E-state index contributed by atoms with van der Waals surface area (Å²) >= 11 is 0.497. The van der Waals surface area contributed by atoms with Gasteiger partial charge in [-0.05, 0) is 0 Å². The molecule has 98 valence electrons. The summed E-state index contributed by atoms with van der Waals surface area (Å²) in [6.07, 6.45) is -4.42. The molecule has 0 aromatic carbocycles. The Hall–Kier alpha value is -0.930. The fourth-order valence-corrected chi connectivity index (χ4v) is 1.60. The molecule has 9 heteroatoms. The molecular weight excluding hydrogens is 257 g/mol. The first-order valence-corrected chi connectivity index (χ1v) is 5.70. The van der Waals surface area contributed by atoms with E-state index in [1.165, 1.54) is 0 Å². The number of hydrogen-bond donors (Lipinski definition) is 2. The summed E-state index contributed by atoms with van der Waals surface area (Å²) in [6, 6.07) is 0. The summed E-state index contributed by atoms with van der Waals surface area (Å²) < 4.78 is 41.4. The lowest BCUT2D eigenvalue weighted by molar-refractivity contribution is -0.138. The average molecular weight is 270 g/mol. The number of hydrogen-bond acceptors (Lipinski definition) is 6. The van der Waals surface area contributed by atoms with E-state index in [-0.39, 0.29) is 5.13 Å². The molecule has 0 atom stereocenters. The second kappa shape index (κ2) is 6.72. The maximum absolute atomic E-state index is 12.2. The summed E-state index contributed by atoms with van der Waals surface area (Å²) in [5, 5.41) is 11.5. The first-order valence-electron chi connectivity index (χ1n) is 4.88. The Morgan fingerprint density at radius 1 is 1.24 bits per heavy atom. The predicted octanol–water partition coefficient (Wildman–Crippen LogP) is 1.20. The standard InChI is InChI=1S/C8H13F3N4OS/c1-16-5-4-12-2-3-13-7-15-14-6(17-7)8(9,10)11/h12H,2-5H2,1H3,(H,13,15). The van der Waals surface area contributed by atoms with Crippen molar-refractivity contribution in [2.75, 3.05) is 38.7 Å². The van der Waals surface area contributed by atoms with E-state index in [2.05, 4.69) is 20.8 Å². The molecule has 5 nitrogen and oxygen atoms in total. The summed E-state index contributed by atoms with van der Waals surface area (Å²) in [5.41, 5.74) is 0. The molecule has 0 radical (unpaired) electrons. The molecule has 0 aliphatic carbocycles. The zero-order valence-electron chi connectivity index (χ0n) is 9.17. The van der Waals surface area contributed by atoms with Crippen molar-refractivity contribution >= 4 is 16.5 Å². The maximum atomic E-state index is 12.2. The second-order valence-corrected chi connectivity index (χ2v) is 4.06. The van der Waals surface area contributed by atoms with Crippen LogP contribution in [0.15, 0.2) is 0 Å². The van der Waals surface area contributed by atoms with Crippen LogP contribution >= 0.6 is 11.3 Å². The smallest absolute Gasteiger partial charge is 0.383 e. The van der Waals surface area contributed by atoms with E-state index in [4.69, 9.17) is 4.74 Å². The molecule has 0 amide bonds. The molecule has 1 aromatic heterocycles. The van der Waals surface area contributed by atoms with Gasteiger partial charge in [0, 0.05) is 26.7 Å².